The van der Waals surface area contributed by atoms with E-state index in [1.54, 1.807) is 25.3 Å². The van der Waals surface area contributed by atoms with Crippen molar-refractivity contribution in [2.45, 2.75) is 6.92 Å². The Morgan fingerprint density at radius 3 is 2.84 bits per heavy atom. The van der Waals surface area contributed by atoms with E-state index in [9.17, 15) is 4.79 Å². The quantitative estimate of drug-likeness (QED) is 0.709. The molecule has 0 atom stereocenters. The van der Waals surface area contributed by atoms with Crippen LogP contribution in [0.5, 0.6) is 11.5 Å². The molecule has 3 aromatic rings. The molecule has 0 unspecified atom stereocenters. The van der Waals surface area contributed by atoms with Crippen LogP contribution in [0.1, 0.15) is 17.3 Å². The number of nitrogens with one attached hydrogen (secondary N) is 1. The van der Waals surface area contributed by atoms with Gasteiger partial charge in [0, 0.05) is 10.9 Å². The summed E-state index contributed by atoms with van der Waals surface area (Å²) in [6.45, 7) is 2.39. The van der Waals surface area contributed by atoms with Crippen molar-refractivity contribution in [3.63, 3.8) is 0 Å². The number of methoxy groups -OCH3 is 1. The zero-order valence-electron chi connectivity index (χ0n) is 14.0. The Balaban J connectivity index is 1.78. The van der Waals surface area contributed by atoms with Gasteiger partial charge < -0.3 is 9.47 Å². The Morgan fingerprint density at radius 2 is 2.04 bits per heavy atom. The number of carbonyl (C=O) groups is 1. The molecule has 1 aromatic heterocycles. The van der Waals surface area contributed by atoms with Gasteiger partial charge in [-0.25, -0.2) is 4.98 Å². The predicted molar refractivity (Wildman–Crippen MR) is 99.7 cm³/mol. The van der Waals surface area contributed by atoms with Crippen LogP contribution in [-0.2, 0) is 0 Å². The van der Waals surface area contributed by atoms with Crippen LogP contribution in [0.2, 0.25) is 0 Å². The Labute approximate surface area is 150 Å². The lowest BCUT2D eigenvalue weighted by Crippen LogP contribution is -2.13. The van der Waals surface area contributed by atoms with Crippen molar-refractivity contribution in [2.75, 3.05) is 19.0 Å². The highest BCUT2D eigenvalue weighted by molar-refractivity contribution is 7.14. The molecule has 0 fully saturated rings. The molecular formula is C19H18N2O3S. The summed E-state index contributed by atoms with van der Waals surface area (Å²) < 4.78 is 10.7. The Morgan fingerprint density at radius 1 is 1.20 bits per heavy atom. The Kier molecular flexibility index (Phi) is 5.30. The average molecular weight is 354 g/mol. The van der Waals surface area contributed by atoms with Gasteiger partial charge in [-0.2, -0.15) is 0 Å². The third-order valence-electron chi connectivity index (χ3n) is 3.52. The zero-order valence-corrected chi connectivity index (χ0v) is 14.8. The van der Waals surface area contributed by atoms with Gasteiger partial charge in [0.1, 0.15) is 11.5 Å². The molecule has 3 rings (SSSR count). The van der Waals surface area contributed by atoms with Crippen LogP contribution in [0.25, 0.3) is 11.3 Å². The average Bonchev–Trinajstić information content (AvgIpc) is 3.11. The molecule has 0 aliphatic heterocycles. The summed E-state index contributed by atoms with van der Waals surface area (Å²) in [5, 5.41) is 5.27. The van der Waals surface area contributed by atoms with Gasteiger partial charge in [-0.05, 0) is 31.2 Å². The number of rotatable bonds is 6. The highest BCUT2D eigenvalue weighted by atomic mass is 32.1. The lowest BCUT2D eigenvalue weighted by molar-refractivity contribution is 0.102. The largest absolute Gasteiger partial charge is 0.497 e. The molecule has 1 N–H and O–H groups in total. The molecule has 5 nitrogen and oxygen atoms in total. The normalized spacial score (nSPS) is 10.3. The summed E-state index contributed by atoms with van der Waals surface area (Å²) in [7, 11) is 1.63. The zero-order chi connectivity index (χ0) is 17.6. The predicted octanol–water partition coefficient (Wildman–Crippen LogP) is 4.47. The molecule has 6 heteroatoms. The molecular weight excluding hydrogens is 336 g/mol. The van der Waals surface area contributed by atoms with Gasteiger partial charge in [0.25, 0.3) is 5.91 Å². The second kappa shape index (κ2) is 7.81. The van der Waals surface area contributed by atoms with E-state index in [0.717, 1.165) is 17.0 Å². The molecule has 0 saturated heterocycles. The van der Waals surface area contributed by atoms with E-state index in [2.05, 4.69) is 10.3 Å². The van der Waals surface area contributed by atoms with Crippen molar-refractivity contribution in [2.24, 2.45) is 0 Å². The molecule has 0 spiro atoms. The first-order valence-corrected chi connectivity index (χ1v) is 8.72. The number of thiazole rings is 1. The van der Waals surface area contributed by atoms with E-state index in [1.165, 1.54) is 11.3 Å². The molecule has 1 heterocycles. The van der Waals surface area contributed by atoms with E-state index in [1.807, 2.05) is 42.6 Å². The van der Waals surface area contributed by atoms with Crippen molar-refractivity contribution in [1.29, 1.82) is 0 Å². The lowest BCUT2D eigenvalue weighted by atomic mass is 10.2. The number of hydrogen-bond acceptors (Lipinski definition) is 5. The number of aromatic nitrogens is 1. The van der Waals surface area contributed by atoms with E-state index in [-0.39, 0.29) is 5.91 Å². The summed E-state index contributed by atoms with van der Waals surface area (Å²) in [5.74, 6) is 1.09. The van der Waals surface area contributed by atoms with Gasteiger partial charge >= 0.3 is 0 Å². The van der Waals surface area contributed by atoms with Crippen molar-refractivity contribution in [3.05, 3.63) is 59.5 Å². The van der Waals surface area contributed by atoms with E-state index in [0.29, 0.717) is 23.1 Å². The topological polar surface area (TPSA) is 60.5 Å². The lowest BCUT2D eigenvalue weighted by Gasteiger charge is -2.08. The minimum atomic E-state index is -0.240. The van der Waals surface area contributed by atoms with Gasteiger partial charge in [-0.3, -0.25) is 10.1 Å². The monoisotopic (exact) mass is 354 g/mol. The fourth-order valence-electron chi connectivity index (χ4n) is 2.35. The maximum absolute atomic E-state index is 12.5. The number of carbonyl (C=O) groups excluding carboxylic acids is 1. The highest BCUT2D eigenvalue weighted by Crippen LogP contribution is 2.28. The number of ether oxygens (including phenoxy) is 2. The minimum Gasteiger partial charge on any atom is -0.497 e. The van der Waals surface area contributed by atoms with Crippen LogP contribution in [0.4, 0.5) is 5.13 Å². The van der Waals surface area contributed by atoms with Gasteiger partial charge in [0.05, 0.1) is 25.0 Å². The smallest absolute Gasteiger partial charge is 0.261 e. The number of benzene rings is 2. The second-order valence-electron chi connectivity index (χ2n) is 5.15. The molecule has 0 aliphatic carbocycles. The van der Waals surface area contributed by atoms with Crippen molar-refractivity contribution in [1.82, 2.24) is 4.98 Å². The summed E-state index contributed by atoms with van der Waals surface area (Å²) >= 11 is 1.38. The number of hydrogen-bond donors (Lipinski definition) is 1. The van der Waals surface area contributed by atoms with Gasteiger partial charge in [-0.1, -0.05) is 24.3 Å². The molecule has 0 aliphatic rings. The fourth-order valence-corrected chi connectivity index (χ4v) is 3.06. The molecule has 0 bridgehead atoms. The molecule has 2 aromatic carbocycles. The SMILES string of the molecule is CCOc1ccccc1C(=O)Nc1nc(-c2cccc(OC)c2)cs1. The Bertz CT molecular complexity index is 876. The number of para-hydroxylation sites is 1. The number of amides is 1. The summed E-state index contributed by atoms with van der Waals surface area (Å²) in [6, 6.07) is 14.8. The summed E-state index contributed by atoms with van der Waals surface area (Å²) in [6.07, 6.45) is 0. The second-order valence-corrected chi connectivity index (χ2v) is 6.01. The maximum Gasteiger partial charge on any atom is 0.261 e. The third-order valence-corrected chi connectivity index (χ3v) is 4.28. The molecule has 128 valence electrons. The first kappa shape index (κ1) is 17.0. The molecule has 0 saturated carbocycles. The van der Waals surface area contributed by atoms with Crippen molar-refractivity contribution >= 4 is 22.4 Å². The highest BCUT2D eigenvalue weighted by Gasteiger charge is 2.14. The minimum absolute atomic E-state index is 0.240. The van der Waals surface area contributed by atoms with Crippen LogP contribution >= 0.6 is 11.3 Å². The Hall–Kier alpha value is -2.86. The third kappa shape index (κ3) is 3.97. The van der Waals surface area contributed by atoms with Crippen LogP contribution in [-0.4, -0.2) is 24.6 Å². The van der Waals surface area contributed by atoms with Crippen LogP contribution in [0.15, 0.2) is 53.9 Å². The van der Waals surface area contributed by atoms with Crippen molar-refractivity contribution in [3.8, 4) is 22.8 Å². The van der Waals surface area contributed by atoms with Gasteiger partial charge in [-0.15, -0.1) is 11.3 Å². The van der Waals surface area contributed by atoms with Crippen LogP contribution < -0.4 is 14.8 Å². The van der Waals surface area contributed by atoms with Crippen molar-refractivity contribution < 1.29 is 14.3 Å². The van der Waals surface area contributed by atoms with E-state index >= 15 is 0 Å². The number of nitrogens with zero attached hydrogens (tertiary/aromatic N) is 1. The summed E-state index contributed by atoms with van der Waals surface area (Å²) in [5.41, 5.74) is 2.21. The van der Waals surface area contributed by atoms with E-state index in [4.69, 9.17) is 9.47 Å². The fraction of sp³-hybridized carbons (Fsp3) is 0.158. The standard InChI is InChI=1S/C19H18N2O3S/c1-3-24-17-10-5-4-9-15(17)18(22)21-19-20-16(12-25-19)13-7-6-8-14(11-13)23-2/h4-12H,3H2,1-2H3,(H,20,21,22). The van der Waals surface area contributed by atoms with Crippen LogP contribution in [0, 0.1) is 0 Å². The molecule has 1 amide bonds. The van der Waals surface area contributed by atoms with Crippen LogP contribution in [0.3, 0.4) is 0 Å². The molecule has 0 radical (unpaired) electrons. The maximum atomic E-state index is 12.5. The van der Waals surface area contributed by atoms with E-state index < -0.39 is 0 Å². The van der Waals surface area contributed by atoms with Gasteiger partial charge in [0.2, 0.25) is 0 Å². The first-order chi connectivity index (χ1) is 12.2. The summed E-state index contributed by atoms with van der Waals surface area (Å²) in [4.78, 5) is 17.0. The van der Waals surface area contributed by atoms with Gasteiger partial charge in [0.15, 0.2) is 5.13 Å². The number of anilines is 1. The molecule has 25 heavy (non-hydrogen) atoms. The first-order valence-electron chi connectivity index (χ1n) is 7.84.